The predicted octanol–water partition coefficient (Wildman–Crippen LogP) is 2.20. The van der Waals surface area contributed by atoms with Gasteiger partial charge in [0.05, 0.1) is 0 Å². The number of carbonyl (C=O) groups is 1. The topological polar surface area (TPSA) is 63.7 Å². The van der Waals surface area contributed by atoms with Crippen molar-refractivity contribution < 1.29 is 17.9 Å². The Hall–Kier alpha value is -1.66. The van der Waals surface area contributed by atoms with E-state index < -0.39 is 16.0 Å². The number of hydrogen-bond acceptors (Lipinski definition) is 4. The number of esters is 1. The van der Waals surface area contributed by atoms with E-state index in [-0.39, 0.29) is 16.2 Å². The van der Waals surface area contributed by atoms with Gasteiger partial charge in [0.15, 0.2) is 5.75 Å². The Bertz CT molecular complexity index is 603. The van der Waals surface area contributed by atoms with Crippen LogP contribution in [0.4, 0.5) is 0 Å². The molecule has 0 amide bonds. The van der Waals surface area contributed by atoms with Gasteiger partial charge in [0, 0.05) is 18.7 Å². The van der Waals surface area contributed by atoms with Gasteiger partial charge in [0.1, 0.15) is 4.90 Å². The van der Waals surface area contributed by atoms with Crippen molar-refractivity contribution in [3.8, 4) is 5.75 Å². The molecule has 0 radical (unpaired) electrons. The highest BCUT2D eigenvalue weighted by Gasteiger charge is 2.26. The summed E-state index contributed by atoms with van der Waals surface area (Å²) in [6, 6.07) is 6.09. The third-order valence-corrected chi connectivity index (χ3v) is 4.81. The third kappa shape index (κ3) is 3.46. The first-order valence-corrected chi connectivity index (χ1v) is 7.75. The van der Waals surface area contributed by atoms with E-state index in [1.165, 1.54) is 23.4 Å². The minimum atomic E-state index is -3.68. The third-order valence-electron chi connectivity index (χ3n) is 2.72. The summed E-state index contributed by atoms with van der Waals surface area (Å²) in [5, 5.41) is 0. The normalized spacial score (nSPS) is 11.4. The molecule has 0 aliphatic rings. The number of carbonyl (C=O) groups excluding carboxylic acids is 1. The summed E-state index contributed by atoms with van der Waals surface area (Å²) in [6.45, 7) is 9.18. The number of para-hydroxylation sites is 1. The molecule has 5 nitrogen and oxygen atoms in total. The van der Waals surface area contributed by atoms with Gasteiger partial charge in [-0.15, -0.1) is 0 Å². The molecule has 0 fully saturated rings. The Morgan fingerprint density at radius 3 is 2.30 bits per heavy atom. The van der Waals surface area contributed by atoms with Gasteiger partial charge in [-0.1, -0.05) is 32.6 Å². The zero-order chi connectivity index (χ0) is 15.3. The molecule has 0 aromatic heterocycles. The van der Waals surface area contributed by atoms with Crippen LogP contribution in [0.3, 0.4) is 0 Å². The monoisotopic (exact) mass is 297 g/mol. The number of nitrogens with zero attached hydrogens (tertiary/aromatic N) is 1. The molecular weight excluding hydrogens is 278 g/mol. The summed E-state index contributed by atoms with van der Waals surface area (Å²) in [7, 11) is -3.68. The highest BCUT2D eigenvalue weighted by Crippen LogP contribution is 2.26. The molecule has 1 aromatic rings. The van der Waals surface area contributed by atoms with Crippen LogP contribution in [0.1, 0.15) is 20.8 Å². The van der Waals surface area contributed by atoms with Crippen LogP contribution in [0, 0.1) is 0 Å². The first-order chi connectivity index (χ1) is 9.34. The summed E-state index contributed by atoms with van der Waals surface area (Å²) in [4.78, 5) is 11.6. The van der Waals surface area contributed by atoms with Gasteiger partial charge in [-0.05, 0) is 19.1 Å². The van der Waals surface area contributed by atoms with Crippen LogP contribution in [0.2, 0.25) is 0 Å². The molecular formula is C14H19NO4S. The molecule has 1 aromatic carbocycles. The molecule has 0 heterocycles. The van der Waals surface area contributed by atoms with E-state index in [2.05, 4.69) is 6.58 Å². The molecule has 0 aliphatic carbocycles. The van der Waals surface area contributed by atoms with E-state index in [1.807, 2.05) is 0 Å². The van der Waals surface area contributed by atoms with Crippen molar-refractivity contribution >= 4 is 16.0 Å². The van der Waals surface area contributed by atoms with Crippen molar-refractivity contribution in [3.63, 3.8) is 0 Å². The van der Waals surface area contributed by atoms with E-state index in [9.17, 15) is 13.2 Å². The van der Waals surface area contributed by atoms with E-state index in [0.717, 1.165) is 0 Å². The molecule has 110 valence electrons. The Kier molecular flexibility index (Phi) is 5.47. The van der Waals surface area contributed by atoms with Crippen LogP contribution in [0.5, 0.6) is 5.75 Å². The Morgan fingerprint density at radius 2 is 1.80 bits per heavy atom. The van der Waals surface area contributed by atoms with Crippen molar-refractivity contribution in [1.82, 2.24) is 4.31 Å². The lowest BCUT2D eigenvalue weighted by molar-refractivity contribution is -0.130. The second-order valence-electron chi connectivity index (χ2n) is 4.21. The lowest BCUT2D eigenvalue weighted by atomic mass is 10.3. The molecule has 20 heavy (non-hydrogen) atoms. The summed E-state index contributed by atoms with van der Waals surface area (Å²) in [6.07, 6.45) is 0. The highest BCUT2D eigenvalue weighted by atomic mass is 32.2. The first kappa shape index (κ1) is 16.4. The van der Waals surface area contributed by atoms with Crippen LogP contribution in [0.25, 0.3) is 0 Å². The van der Waals surface area contributed by atoms with Crippen molar-refractivity contribution in [2.45, 2.75) is 25.7 Å². The van der Waals surface area contributed by atoms with Gasteiger partial charge in [0.25, 0.3) is 0 Å². The molecule has 0 aliphatic heterocycles. The minimum Gasteiger partial charge on any atom is -0.422 e. The standard InChI is InChI=1S/C14H19NO4S/c1-5-15(6-2)20(17,18)13-10-8-7-9-12(13)19-14(16)11(3)4/h7-10H,3,5-6H2,1-2,4H3. The second kappa shape index (κ2) is 6.67. The van der Waals surface area contributed by atoms with Crippen molar-refractivity contribution in [1.29, 1.82) is 0 Å². The molecule has 0 saturated heterocycles. The summed E-state index contributed by atoms with van der Waals surface area (Å²) in [5.74, 6) is -0.625. The molecule has 0 unspecified atom stereocenters. The molecule has 0 bridgehead atoms. The molecule has 0 N–H and O–H groups in total. The Labute approximate surface area is 119 Å². The fraction of sp³-hybridized carbons (Fsp3) is 0.357. The highest BCUT2D eigenvalue weighted by molar-refractivity contribution is 7.89. The van der Waals surface area contributed by atoms with Gasteiger partial charge < -0.3 is 4.74 Å². The number of benzene rings is 1. The van der Waals surface area contributed by atoms with Gasteiger partial charge in [0.2, 0.25) is 10.0 Å². The molecule has 0 spiro atoms. The lowest BCUT2D eigenvalue weighted by Crippen LogP contribution is -2.31. The smallest absolute Gasteiger partial charge is 0.338 e. The molecule has 6 heteroatoms. The summed E-state index contributed by atoms with van der Waals surface area (Å²) >= 11 is 0. The largest absolute Gasteiger partial charge is 0.422 e. The zero-order valence-electron chi connectivity index (χ0n) is 11.9. The maximum Gasteiger partial charge on any atom is 0.338 e. The maximum absolute atomic E-state index is 12.5. The van der Waals surface area contributed by atoms with Gasteiger partial charge in [-0.25, -0.2) is 13.2 Å². The minimum absolute atomic E-state index is 0.0155. The van der Waals surface area contributed by atoms with Crippen LogP contribution >= 0.6 is 0 Å². The maximum atomic E-state index is 12.5. The number of hydrogen-bond donors (Lipinski definition) is 0. The van der Waals surface area contributed by atoms with Crippen LogP contribution in [-0.4, -0.2) is 31.8 Å². The van der Waals surface area contributed by atoms with E-state index in [1.54, 1.807) is 26.0 Å². The van der Waals surface area contributed by atoms with E-state index in [4.69, 9.17) is 4.74 Å². The SMILES string of the molecule is C=C(C)C(=O)Oc1ccccc1S(=O)(=O)N(CC)CC. The lowest BCUT2D eigenvalue weighted by Gasteiger charge is -2.20. The second-order valence-corrected chi connectivity index (χ2v) is 6.11. The van der Waals surface area contributed by atoms with Gasteiger partial charge >= 0.3 is 5.97 Å². The number of rotatable bonds is 6. The average molecular weight is 297 g/mol. The van der Waals surface area contributed by atoms with Crippen LogP contribution in [0.15, 0.2) is 41.3 Å². The quantitative estimate of drug-likeness (QED) is 0.459. The Morgan fingerprint density at radius 1 is 1.25 bits per heavy atom. The number of sulfonamides is 1. The zero-order valence-corrected chi connectivity index (χ0v) is 12.7. The van der Waals surface area contributed by atoms with Gasteiger partial charge in [-0.3, -0.25) is 0 Å². The predicted molar refractivity (Wildman–Crippen MR) is 77.0 cm³/mol. The first-order valence-electron chi connectivity index (χ1n) is 6.31. The average Bonchev–Trinajstić information content (AvgIpc) is 2.40. The molecule has 0 atom stereocenters. The van der Waals surface area contributed by atoms with Gasteiger partial charge in [-0.2, -0.15) is 4.31 Å². The van der Waals surface area contributed by atoms with Crippen molar-refractivity contribution in [2.75, 3.05) is 13.1 Å². The van der Waals surface area contributed by atoms with Crippen molar-refractivity contribution in [3.05, 3.63) is 36.4 Å². The number of ether oxygens (including phenoxy) is 1. The summed E-state index contributed by atoms with van der Waals surface area (Å²) < 4.78 is 31.4. The molecule has 1 rings (SSSR count). The van der Waals surface area contributed by atoms with Crippen LogP contribution < -0.4 is 4.74 Å². The van der Waals surface area contributed by atoms with E-state index in [0.29, 0.717) is 13.1 Å². The Balaban J connectivity index is 3.26. The van der Waals surface area contributed by atoms with E-state index >= 15 is 0 Å². The van der Waals surface area contributed by atoms with Crippen molar-refractivity contribution in [2.24, 2.45) is 0 Å². The van der Waals surface area contributed by atoms with Crippen LogP contribution in [-0.2, 0) is 14.8 Å². The fourth-order valence-corrected chi connectivity index (χ4v) is 3.21. The molecule has 0 saturated carbocycles. The fourth-order valence-electron chi connectivity index (χ4n) is 1.64. The summed E-state index contributed by atoms with van der Waals surface area (Å²) in [5.41, 5.74) is 0.208.